The average molecular weight is 282 g/mol. The van der Waals surface area contributed by atoms with E-state index in [1.54, 1.807) is 12.1 Å². The molecular weight excluding hydrogens is 260 g/mol. The van der Waals surface area contributed by atoms with Crippen LogP contribution in [0.4, 0.5) is 11.4 Å². The molecule has 1 aromatic carbocycles. The molecule has 0 atom stereocenters. The highest BCUT2D eigenvalue weighted by molar-refractivity contribution is 5.56. The molecule has 0 amide bonds. The van der Waals surface area contributed by atoms with Crippen LogP contribution < -0.4 is 4.90 Å². The molecule has 1 aromatic rings. The van der Waals surface area contributed by atoms with Gasteiger partial charge in [0, 0.05) is 24.3 Å². The van der Waals surface area contributed by atoms with Gasteiger partial charge in [0.05, 0.1) is 23.7 Å². The zero-order chi connectivity index (χ0) is 15.1. The molecule has 112 valence electrons. The molecule has 0 saturated heterocycles. The molecule has 0 unspecified atom stereocenters. The molecule has 0 aliphatic heterocycles. The van der Waals surface area contributed by atoms with E-state index in [2.05, 4.69) is 13.8 Å². The van der Waals surface area contributed by atoms with Crippen LogP contribution in [0.1, 0.15) is 32.3 Å². The highest BCUT2D eigenvalue weighted by atomic mass is 16.6. The smallest absolute Gasteiger partial charge is 0.275 e. The Kier molecular flexibility index (Phi) is 6.41. The van der Waals surface area contributed by atoms with Gasteiger partial charge in [-0.15, -0.1) is 0 Å². The Morgan fingerprint density at radius 2 is 1.95 bits per heavy atom. The molecule has 0 heterocycles. The molecule has 0 bridgehead atoms. The van der Waals surface area contributed by atoms with Gasteiger partial charge in [0.1, 0.15) is 0 Å². The average Bonchev–Trinajstić information content (AvgIpc) is 2.46. The Morgan fingerprint density at radius 3 is 2.40 bits per heavy atom. The Morgan fingerprint density at radius 1 is 1.30 bits per heavy atom. The van der Waals surface area contributed by atoms with Gasteiger partial charge in [-0.25, -0.2) is 0 Å². The number of aliphatic hydroxyl groups excluding tert-OH is 2. The maximum absolute atomic E-state index is 10.9. The molecule has 1 rings (SSSR count). The molecule has 0 aromatic heterocycles. The van der Waals surface area contributed by atoms with Crippen LogP contribution in [-0.4, -0.2) is 34.3 Å². The van der Waals surface area contributed by atoms with E-state index >= 15 is 0 Å². The predicted octanol–water partition coefficient (Wildman–Crippen LogP) is 2.07. The lowest BCUT2D eigenvalue weighted by Gasteiger charge is -2.32. The number of nitrogens with zero attached hydrogens (tertiary/aromatic N) is 2. The van der Waals surface area contributed by atoms with Crippen molar-refractivity contribution in [3.63, 3.8) is 0 Å². The molecule has 0 radical (unpaired) electrons. The Balaban J connectivity index is 3.17. The molecule has 2 N–H and O–H groups in total. The number of anilines is 1. The van der Waals surface area contributed by atoms with Crippen molar-refractivity contribution in [1.29, 1.82) is 0 Å². The monoisotopic (exact) mass is 282 g/mol. The fourth-order valence-electron chi connectivity index (χ4n) is 2.41. The van der Waals surface area contributed by atoms with E-state index in [0.29, 0.717) is 12.1 Å². The Labute approximate surface area is 118 Å². The van der Waals surface area contributed by atoms with Gasteiger partial charge < -0.3 is 15.1 Å². The molecule has 6 heteroatoms. The lowest BCUT2D eigenvalue weighted by atomic mass is 10.1. The lowest BCUT2D eigenvalue weighted by Crippen LogP contribution is -2.36. The summed E-state index contributed by atoms with van der Waals surface area (Å²) in [6.07, 6.45) is 1.84. The van der Waals surface area contributed by atoms with Gasteiger partial charge in [-0.1, -0.05) is 13.8 Å². The van der Waals surface area contributed by atoms with Crippen molar-refractivity contribution in [2.45, 2.75) is 39.3 Å². The maximum Gasteiger partial charge on any atom is 0.275 e. The van der Waals surface area contributed by atoms with Crippen LogP contribution >= 0.6 is 0 Å². The van der Waals surface area contributed by atoms with E-state index in [9.17, 15) is 20.3 Å². The summed E-state index contributed by atoms with van der Waals surface area (Å²) < 4.78 is 0. The molecule has 20 heavy (non-hydrogen) atoms. The molecular formula is C14H22N2O4. The van der Waals surface area contributed by atoms with Crippen molar-refractivity contribution < 1.29 is 15.1 Å². The fraction of sp³-hybridized carbons (Fsp3) is 0.571. The first-order valence-electron chi connectivity index (χ1n) is 6.84. The first kappa shape index (κ1) is 16.4. The summed E-state index contributed by atoms with van der Waals surface area (Å²) in [5, 5.41) is 29.4. The van der Waals surface area contributed by atoms with Crippen LogP contribution in [0.5, 0.6) is 0 Å². The van der Waals surface area contributed by atoms with Crippen molar-refractivity contribution in [3.05, 3.63) is 33.9 Å². The summed E-state index contributed by atoms with van der Waals surface area (Å²) in [4.78, 5) is 12.4. The van der Waals surface area contributed by atoms with E-state index in [1.807, 2.05) is 4.90 Å². The molecule has 0 fully saturated rings. The van der Waals surface area contributed by atoms with Crippen LogP contribution in [0.15, 0.2) is 18.2 Å². The number of nitro groups is 1. The largest absolute Gasteiger partial charge is 0.395 e. The van der Waals surface area contributed by atoms with Crippen LogP contribution in [0, 0.1) is 10.1 Å². The van der Waals surface area contributed by atoms with E-state index < -0.39 is 4.92 Å². The van der Waals surface area contributed by atoms with E-state index in [0.717, 1.165) is 18.5 Å². The minimum atomic E-state index is -0.497. The van der Waals surface area contributed by atoms with Gasteiger partial charge >= 0.3 is 0 Å². The molecule has 0 aliphatic carbocycles. The number of benzene rings is 1. The Hall–Kier alpha value is -1.66. The third-order valence-electron chi connectivity index (χ3n) is 3.49. The van der Waals surface area contributed by atoms with Gasteiger partial charge in [0.15, 0.2) is 0 Å². The zero-order valence-electron chi connectivity index (χ0n) is 12.0. The van der Waals surface area contributed by atoms with Crippen molar-refractivity contribution in [1.82, 2.24) is 0 Å². The SMILES string of the molecule is CCC(CC)N(CCO)c1ccc([N+](=O)[O-])c(CO)c1. The third kappa shape index (κ3) is 3.68. The van der Waals surface area contributed by atoms with Crippen LogP contribution in [0.25, 0.3) is 0 Å². The van der Waals surface area contributed by atoms with Crippen molar-refractivity contribution in [2.24, 2.45) is 0 Å². The second kappa shape index (κ2) is 7.81. The molecule has 6 nitrogen and oxygen atoms in total. The molecule has 0 saturated carbocycles. The van der Waals surface area contributed by atoms with Crippen LogP contribution in [0.2, 0.25) is 0 Å². The number of hydrogen-bond acceptors (Lipinski definition) is 5. The Bertz CT molecular complexity index is 447. The summed E-state index contributed by atoms with van der Waals surface area (Å²) in [5.74, 6) is 0. The van der Waals surface area contributed by atoms with Crippen molar-refractivity contribution in [2.75, 3.05) is 18.1 Å². The number of rotatable bonds is 8. The second-order valence-corrected chi connectivity index (χ2v) is 4.62. The fourth-order valence-corrected chi connectivity index (χ4v) is 2.41. The second-order valence-electron chi connectivity index (χ2n) is 4.62. The molecule has 0 aliphatic rings. The van der Waals surface area contributed by atoms with Gasteiger partial charge in [0.2, 0.25) is 0 Å². The van der Waals surface area contributed by atoms with Crippen molar-refractivity contribution in [3.8, 4) is 0 Å². The van der Waals surface area contributed by atoms with Crippen LogP contribution in [-0.2, 0) is 6.61 Å². The number of aliphatic hydroxyl groups is 2. The minimum Gasteiger partial charge on any atom is -0.395 e. The zero-order valence-corrected chi connectivity index (χ0v) is 12.0. The first-order chi connectivity index (χ1) is 9.58. The van der Waals surface area contributed by atoms with Gasteiger partial charge in [-0.05, 0) is 25.0 Å². The van der Waals surface area contributed by atoms with E-state index in [-0.39, 0.29) is 24.9 Å². The standard InChI is InChI=1S/C14H22N2O4/c1-3-12(4-2)15(7-8-17)13-5-6-14(16(19)20)11(9-13)10-18/h5-6,9,12,17-18H,3-4,7-8,10H2,1-2H3. The third-order valence-corrected chi connectivity index (χ3v) is 3.49. The van der Waals surface area contributed by atoms with Crippen LogP contribution in [0.3, 0.4) is 0 Å². The highest BCUT2D eigenvalue weighted by Gasteiger charge is 2.19. The topological polar surface area (TPSA) is 86.8 Å². The quantitative estimate of drug-likeness (QED) is 0.563. The molecule has 0 spiro atoms. The van der Waals surface area contributed by atoms with E-state index in [4.69, 9.17) is 0 Å². The van der Waals surface area contributed by atoms with E-state index in [1.165, 1.54) is 6.07 Å². The first-order valence-corrected chi connectivity index (χ1v) is 6.84. The highest BCUT2D eigenvalue weighted by Crippen LogP contribution is 2.27. The summed E-state index contributed by atoms with van der Waals surface area (Å²) >= 11 is 0. The summed E-state index contributed by atoms with van der Waals surface area (Å²) in [6.45, 7) is 4.24. The summed E-state index contributed by atoms with van der Waals surface area (Å²) in [7, 11) is 0. The normalized spacial score (nSPS) is 10.8. The van der Waals surface area contributed by atoms with Gasteiger partial charge in [-0.3, -0.25) is 10.1 Å². The van der Waals surface area contributed by atoms with Gasteiger partial charge in [0.25, 0.3) is 5.69 Å². The maximum atomic E-state index is 10.9. The lowest BCUT2D eigenvalue weighted by molar-refractivity contribution is -0.385. The summed E-state index contributed by atoms with van der Waals surface area (Å²) in [5.41, 5.74) is 1.01. The van der Waals surface area contributed by atoms with Gasteiger partial charge in [-0.2, -0.15) is 0 Å². The number of hydrogen-bond donors (Lipinski definition) is 2. The number of nitro benzene ring substituents is 1. The predicted molar refractivity (Wildman–Crippen MR) is 77.8 cm³/mol. The van der Waals surface area contributed by atoms with Crippen molar-refractivity contribution >= 4 is 11.4 Å². The summed E-state index contributed by atoms with van der Waals surface area (Å²) in [6, 6.07) is 4.97. The minimum absolute atomic E-state index is 0.0158.